The lowest BCUT2D eigenvalue weighted by Crippen LogP contribution is -2.43. The van der Waals surface area contributed by atoms with Crippen LogP contribution in [0.1, 0.15) is 36.2 Å². The molecule has 1 amide bonds. The van der Waals surface area contributed by atoms with E-state index in [1.165, 1.54) is 0 Å². The lowest BCUT2D eigenvalue weighted by molar-refractivity contribution is 0.0902. The van der Waals surface area contributed by atoms with Gasteiger partial charge in [-0.1, -0.05) is 55.5 Å². The Balaban J connectivity index is 2.22. The van der Waals surface area contributed by atoms with Crippen molar-refractivity contribution in [1.29, 1.82) is 0 Å². The minimum atomic E-state index is -0.339. The van der Waals surface area contributed by atoms with Gasteiger partial charge in [0, 0.05) is 5.56 Å². The summed E-state index contributed by atoms with van der Waals surface area (Å²) in [5, 5.41) is 3.14. The van der Waals surface area contributed by atoms with Gasteiger partial charge in [-0.05, 0) is 31.0 Å². The van der Waals surface area contributed by atoms with Crippen molar-refractivity contribution in [2.45, 2.75) is 25.8 Å². The summed E-state index contributed by atoms with van der Waals surface area (Å²) in [7, 11) is 0. The van der Waals surface area contributed by atoms with Crippen molar-refractivity contribution in [1.82, 2.24) is 5.32 Å². The second-order valence-electron chi connectivity index (χ2n) is 4.87. The van der Waals surface area contributed by atoms with Crippen molar-refractivity contribution >= 4 is 5.91 Å². The summed E-state index contributed by atoms with van der Waals surface area (Å²) < 4.78 is 0. The first kappa shape index (κ1) is 13.3. The van der Waals surface area contributed by atoms with Crippen molar-refractivity contribution in [2.24, 2.45) is 0 Å². The molecule has 0 bridgehead atoms. The lowest BCUT2D eigenvalue weighted by atomic mass is 9.89. The predicted molar refractivity (Wildman–Crippen MR) is 78.0 cm³/mol. The molecule has 19 heavy (non-hydrogen) atoms. The molecule has 0 saturated carbocycles. The third-order valence-corrected chi connectivity index (χ3v) is 3.54. The van der Waals surface area contributed by atoms with E-state index in [4.69, 9.17) is 0 Å². The van der Waals surface area contributed by atoms with Crippen molar-refractivity contribution in [3.8, 4) is 0 Å². The summed E-state index contributed by atoms with van der Waals surface area (Å²) in [4.78, 5) is 12.3. The summed E-state index contributed by atoms with van der Waals surface area (Å²) in [5.74, 6) is -0.0335. The summed E-state index contributed by atoms with van der Waals surface area (Å²) >= 11 is 0. The van der Waals surface area contributed by atoms with Crippen molar-refractivity contribution in [2.75, 3.05) is 0 Å². The Morgan fingerprint density at radius 3 is 2.05 bits per heavy atom. The van der Waals surface area contributed by atoms with Gasteiger partial charge in [0.25, 0.3) is 5.91 Å². The van der Waals surface area contributed by atoms with Gasteiger partial charge in [0.05, 0.1) is 5.54 Å². The van der Waals surface area contributed by atoms with Crippen LogP contribution in [-0.4, -0.2) is 5.91 Å². The topological polar surface area (TPSA) is 29.1 Å². The van der Waals surface area contributed by atoms with E-state index in [0.29, 0.717) is 5.56 Å². The highest BCUT2D eigenvalue weighted by atomic mass is 16.1. The molecule has 0 heterocycles. The molecule has 2 heteroatoms. The van der Waals surface area contributed by atoms with Crippen LogP contribution in [0.25, 0.3) is 0 Å². The Morgan fingerprint density at radius 1 is 1.00 bits per heavy atom. The summed E-state index contributed by atoms with van der Waals surface area (Å²) in [6, 6.07) is 19.4. The van der Waals surface area contributed by atoms with E-state index >= 15 is 0 Å². The molecule has 2 aromatic rings. The molecule has 1 N–H and O–H groups in total. The predicted octanol–water partition coefficient (Wildman–Crippen LogP) is 3.74. The van der Waals surface area contributed by atoms with Gasteiger partial charge in [0.15, 0.2) is 0 Å². The molecule has 0 radical (unpaired) electrons. The average Bonchev–Trinajstić information content (AvgIpc) is 2.49. The third kappa shape index (κ3) is 3.02. The Kier molecular flexibility index (Phi) is 4.00. The standard InChI is InChI=1S/C17H19NO/c1-3-17(2,15-12-8-5-9-13-15)18-16(19)14-10-6-4-7-11-14/h4-13H,3H2,1-2H3,(H,18,19)/t17-/m1/s1. The fourth-order valence-corrected chi connectivity index (χ4v) is 2.08. The van der Waals surface area contributed by atoms with Crippen LogP contribution in [0.2, 0.25) is 0 Å². The Labute approximate surface area is 114 Å². The minimum absolute atomic E-state index is 0.0335. The minimum Gasteiger partial charge on any atom is -0.343 e. The van der Waals surface area contributed by atoms with Crippen LogP contribution >= 0.6 is 0 Å². The van der Waals surface area contributed by atoms with Crippen LogP contribution in [0, 0.1) is 0 Å². The summed E-state index contributed by atoms with van der Waals surface area (Å²) in [6.45, 7) is 4.14. The number of carbonyl (C=O) groups excluding carboxylic acids is 1. The molecule has 2 nitrogen and oxygen atoms in total. The van der Waals surface area contributed by atoms with Crippen molar-refractivity contribution in [3.63, 3.8) is 0 Å². The molecule has 2 rings (SSSR count). The molecule has 0 unspecified atom stereocenters. The number of nitrogens with one attached hydrogen (secondary N) is 1. The van der Waals surface area contributed by atoms with E-state index in [-0.39, 0.29) is 11.4 Å². The van der Waals surface area contributed by atoms with Gasteiger partial charge in [-0.3, -0.25) is 4.79 Å². The first-order chi connectivity index (χ1) is 9.15. The number of rotatable bonds is 4. The maximum absolute atomic E-state index is 12.3. The second-order valence-corrected chi connectivity index (χ2v) is 4.87. The molecular formula is C17H19NO. The number of hydrogen-bond donors (Lipinski definition) is 1. The van der Waals surface area contributed by atoms with Crippen LogP contribution < -0.4 is 5.32 Å². The fraction of sp³-hybridized carbons (Fsp3) is 0.235. The van der Waals surface area contributed by atoms with Gasteiger partial charge >= 0.3 is 0 Å². The lowest BCUT2D eigenvalue weighted by Gasteiger charge is -2.30. The van der Waals surface area contributed by atoms with Crippen molar-refractivity contribution < 1.29 is 4.79 Å². The van der Waals surface area contributed by atoms with Crippen LogP contribution in [-0.2, 0) is 5.54 Å². The summed E-state index contributed by atoms with van der Waals surface area (Å²) in [6.07, 6.45) is 0.843. The van der Waals surface area contributed by atoms with Gasteiger partial charge < -0.3 is 5.32 Å². The normalized spacial score (nSPS) is 13.6. The zero-order chi connectivity index (χ0) is 13.7. The molecule has 98 valence electrons. The molecule has 0 aliphatic carbocycles. The molecule has 0 fully saturated rings. The molecule has 1 atom stereocenters. The zero-order valence-corrected chi connectivity index (χ0v) is 11.4. The highest BCUT2D eigenvalue weighted by molar-refractivity contribution is 5.94. The number of hydrogen-bond acceptors (Lipinski definition) is 1. The monoisotopic (exact) mass is 253 g/mol. The van der Waals surface area contributed by atoms with E-state index in [1.807, 2.05) is 48.5 Å². The molecule has 0 saturated heterocycles. The SMILES string of the molecule is CC[C@@](C)(NC(=O)c1ccccc1)c1ccccc1. The van der Waals surface area contributed by atoms with Crippen LogP contribution in [0.4, 0.5) is 0 Å². The number of amides is 1. The highest BCUT2D eigenvalue weighted by Gasteiger charge is 2.26. The van der Waals surface area contributed by atoms with Crippen molar-refractivity contribution in [3.05, 3.63) is 71.8 Å². The molecule has 2 aromatic carbocycles. The molecule has 0 aliphatic rings. The van der Waals surface area contributed by atoms with E-state index in [0.717, 1.165) is 12.0 Å². The van der Waals surface area contributed by atoms with Crippen LogP contribution in [0.3, 0.4) is 0 Å². The number of benzene rings is 2. The fourth-order valence-electron chi connectivity index (χ4n) is 2.08. The van der Waals surface area contributed by atoms with Crippen LogP contribution in [0.5, 0.6) is 0 Å². The zero-order valence-electron chi connectivity index (χ0n) is 11.4. The first-order valence-electron chi connectivity index (χ1n) is 6.59. The first-order valence-corrected chi connectivity index (χ1v) is 6.59. The second kappa shape index (κ2) is 5.70. The Morgan fingerprint density at radius 2 is 1.53 bits per heavy atom. The van der Waals surface area contributed by atoms with E-state index < -0.39 is 0 Å². The van der Waals surface area contributed by atoms with Crippen LogP contribution in [0.15, 0.2) is 60.7 Å². The average molecular weight is 253 g/mol. The highest BCUT2D eigenvalue weighted by Crippen LogP contribution is 2.24. The Bertz CT molecular complexity index is 536. The maximum atomic E-state index is 12.3. The van der Waals surface area contributed by atoms with E-state index in [1.54, 1.807) is 0 Å². The smallest absolute Gasteiger partial charge is 0.251 e. The largest absolute Gasteiger partial charge is 0.343 e. The molecular weight excluding hydrogens is 234 g/mol. The van der Waals surface area contributed by atoms with E-state index in [9.17, 15) is 4.79 Å². The maximum Gasteiger partial charge on any atom is 0.251 e. The molecule has 0 spiro atoms. The quantitative estimate of drug-likeness (QED) is 0.883. The molecule has 0 aromatic heterocycles. The van der Waals surface area contributed by atoms with Gasteiger partial charge in [0.1, 0.15) is 0 Å². The van der Waals surface area contributed by atoms with Gasteiger partial charge in [0.2, 0.25) is 0 Å². The summed E-state index contributed by atoms with van der Waals surface area (Å²) in [5.41, 5.74) is 1.48. The Hall–Kier alpha value is -2.09. The van der Waals surface area contributed by atoms with Gasteiger partial charge in [-0.15, -0.1) is 0 Å². The number of carbonyl (C=O) groups is 1. The van der Waals surface area contributed by atoms with E-state index in [2.05, 4.69) is 31.3 Å². The van der Waals surface area contributed by atoms with Gasteiger partial charge in [-0.25, -0.2) is 0 Å². The molecule has 0 aliphatic heterocycles. The third-order valence-electron chi connectivity index (χ3n) is 3.54. The van der Waals surface area contributed by atoms with Gasteiger partial charge in [-0.2, -0.15) is 0 Å².